The fraction of sp³-hybridized carbons (Fsp3) is 0.125. The van der Waals surface area contributed by atoms with E-state index >= 15 is 0 Å². The highest BCUT2D eigenvalue weighted by molar-refractivity contribution is 9.10. The van der Waals surface area contributed by atoms with Gasteiger partial charge in [0.25, 0.3) is 0 Å². The van der Waals surface area contributed by atoms with Gasteiger partial charge in [0.1, 0.15) is 5.84 Å². The predicted octanol–water partition coefficient (Wildman–Crippen LogP) is 2.70. The molecule has 0 aromatic heterocycles. The minimum atomic E-state index is -0.0696. The number of amidine groups is 1. The molecule has 0 saturated carbocycles. The zero-order valence-electron chi connectivity index (χ0n) is 11.1. The summed E-state index contributed by atoms with van der Waals surface area (Å²) in [6.45, 7) is 0.838. The number of allylic oxidation sites excluding steroid dienone is 1. The van der Waals surface area contributed by atoms with E-state index in [1.165, 1.54) is 0 Å². The van der Waals surface area contributed by atoms with Crippen LogP contribution in [-0.2, 0) is 4.79 Å². The molecule has 0 saturated heterocycles. The Labute approximate surface area is 130 Å². The van der Waals surface area contributed by atoms with E-state index in [-0.39, 0.29) is 5.91 Å². The van der Waals surface area contributed by atoms with Crippen LogP contribution in [0.4, 0.5) is 0 Å². The van der Waals surface area contributed by atoms with Crippen molar-refractivity contribution in [2.24, 2.45) is 4.99 Å². The maximum atomic E-state index is 11.7. The second-order valence-corrected chi connectivity index (χ2v) is 6.01. The van der Waals surface area contributed by atoms with Crippen LogP contribution in [0.1, 0.15) is 12.0 Å². The third kappa shape index (κ3) is 2.05. The Balaban J connectivity index is 1.82. The number of nitrogens with one attached hydrogen (secondary N) is 1. The number of nitrogens with zero attached hydrogens (tertiary/aromatic N) is 2. The fourth-order valence-electron chi connectivity index (χ4n) is 2.85. The molecule has 0 bridgehead atoms. The summed E-state index contributed by atoms with van der Waals surface area (Å²) in [4.78, 5) is 18.5. The lowest BCUT2D eigenvalue weighted by atomic mass is 10.1. The molecule has 4 rings (SSSR count). The van der Waals surface area contributed by atoms with E-state index in [4.69, 9.17) is 0 Å². The number of carbonyl (C=O) groups is 1. The van der Waals surface area contributed by atoms with Gasteiger partial charge in [0.2, 0.25) is 5.91 Å². The third-order valence-electron chi connectivity index (χ3n) is 3.79. The lowest BCUT2D eigenvalue weighted by Gasteiger charge is -2.27. The summed E-state index contributed by atoms with van der Waals surface area (Å²) in [7, 11) is 0. The summed E-state index contributed by atoms with van der Waals surface area (Å²) < 4.78 is 1.05. The number of hydrogen-bond acceptors (Lipinski definition) is 3. The minimum Gasteiger partial charge on any atom is -0.324 e. The molecule has 21 heavy (non-hydrogen) atoms. The van der Waals surface area contributed by atoms with Crippen molar-refractivity contribution in [3.05, 3.63) is 69.6 Å². The second kappa shape index (κ2) is 4.70. The van der Waals surface area contributed by atoms with Gasteiger partial charge >= 0.3 is 0 Å². The average molecular weight is 342 g/mol. The number of carbonyl (C=O) groups excluding carboxylic acids is 1. The van der Waals surface area contributed by atoms with Crippen LogP contribution >= 0.6 is 15.9 Å². The van der Waals surface area contributed by atoms with E-state index in [0.29, 0.717) is 0 Å². The van der Waals surface area contributed by atoms with Crippen LogP contribution in [0.5, 0.6) is 0 Å². The van der Waals surface area contributed by atoms with E-state index in [1.807, 2.05) is 36.5 Å². The Morgan fingerprint density at radius 3 is 2.81 bits per heavy atom. The molecule has 3 aliphatic rings. The van der Waals surface area contributed by atoms with Crippen LogP contribution in [0.3, 0.4) is 0 Å². The molecule has 1 aromatic carbocycles. The molecule has 3 heterocycles. The van der Waals surface area contributed by atoms with E-state index in [1.54, 1.807) is 6.08 Å². The second-order valence-electron chi connectivity index (χ2n) is 5.10. The van der Waals surface area contributed by atoms with Crippen LogP contribution in [0.2, 0.25) is 0 Å². The largest absolute Gasteiger partial charge is 0.324 e. The molecule has 0 atom stereocenters. The van der Waals surface area contributed by atoms with E-state index in [9.17, 15) is 4.79 Å². The maximum absolute atomic E-state index is 11.7. The summed E-state index contributed by atoms with van der Waals surface area (Å²) in [6, 6.07) is 8.12. The van der Waals surface area contributed by atoms with Crippen molar-refractivity contribution in [2.45, 2.75) is 6.42 Å². The first-order chi connectivity index (χ1) is 10.2. The van der Waals surface area contributed by atoms with Gasteiger partial charge in [0.15, 0.2) is 0 Å². The van der Waals surface area contributed by atoms with Crippen LogP contribution in [0, 0.1) is 0 Å². The first kappa shape index (κ1) is 12.6. The van der Waals surface area contributed by atoms with Crippen molar-refractivity contribution in [1.82, 2.24) is 10.2 Å². The Hall–Kier alpha value is -2.14. The van der Waals surface area contributed by atoms with Gasteiger partial charge in [-0.3, -0.25) is 4.79 Å². The standard InChI is InChI=1S/C16H12BrN3O/c17-12-4-1-10(2-5-12)16-18-9-11-3-6-14(21)19-13-7-8-20(16)15(11)13/h1-6,9H,7-8H2,(H,19,21). The summed E-state index contributed by atoms with van der Waals surface area (Å²) in [5, 5.41) is 2.96. The molecule has 1 aromatic rings. The molecule has 5 heteroatoms. The van der Waals surface area contributed by atoms with Gasteiger partial charge in [0.05, 0.1) is 5.70 Å². The van der Waals surface area contributed by atoms with Gasteiger partial charge in [-0.15, -0.1) is 0 Å². The maximum Gasteiger partial charge on any atom is 0.248 e. The predicted molar refractivity (Wildman–Crippen MR) is 84.4 cm³/mol. The van der Waals surface area contributed by atoms with Crippen LogP contribution in [0.25, 0.3) is 0 Å². The SMILES string of the molecule is O=C1C=CC2=CN=C(c3ccc(Br)cc3)N3CCC(=C23)N1. The van der Waals surface area contributed by atoms with Crippen molar-refractivity contribution in [3.63, 3.8) is 0 Å². The number of aliphatic imine (C=N–C) groups is 1. The van der Waals surface area contributed by atoms with Crippen molar-refractivity contribution < 1.29 is 4.79 Å². The molecule has 0 aliphatic carbocycles. The first-order valence-corrected chi connectivity index (χ1v) is 7.56. The van der Waals surface area contributed by atoms with Gasteiger partial charge in [-0.05, 0) is 18.2 Å². The summed E-state index contributed by atoms with van der Waals surface area (Å²) in [5.41, 5.74) is 4.12. The van der Waals surface area contributed by atoms with Gasteiger partial charge in [-0.25, -0.2) is 4.99 Å². The Kier molecular flexibility index (Phi) is 2.82. The first-order valence-electron chi connectivity index (χ1n) is 6.76. The van der Waals surface area contributed by atoms with E-state index < -0.39 is 0 Å². The topological polar surface area (TPSA) is 44.7 Å². The molecule has 0 unspecified atom stereocenters. The summed E-state index contributed by atoms with van der Waals surface area (Å²) in [5.74, 6) is 0.862. The Bertz CT molecular complexity index is 756. The van der Waals surface area contributed by atoms with Gasteiger partial charge in [0, 0.05) is 46.5 Å². The lowest BCUT2D eigenvalue weighted by molar-refractivity contribution is -0.115. The Morgan fingerprint density at radius 2 is 2.00 bits per heavy atom. The molecule has 0 fully saturated rings. The van der Waals surface area contributed by atoms with Gasteiger partial charge in [-0.1, -0.05) is 28.1 Å². The molecule has 4 nitrogen and oxygen atoms in total. The molecule has 1 amide bonds. The highest BCUT2D eigenvalue weighted by Gasteiger charge is 2.32. The van der Waals surface area contributed by atoms with Gasteiger partial charge < -0.3 is 10.2 Å². The molecule has 1 N–H and O–H groups in total. The number of hydrogen-bond donors (Lipinski definition) is 1. The smallest absolute Gasteiger partial charge is 0.248 e. The number of halogens is 1. The van der Waals surface area contributed by atoms with Crippen molar-refractivity contribution in [3.8, 4) is 0 Å². The quantitative estimate of drug-likeness (QED) is 0.853. The zero-order valence-corrected chi connectivity index (χ0v) is 12.7. The lowest BCUT2D eigenvalue weighted by Crippen LogP contribution is -2.31. The van der Waals surface area contributed by atoms with Gasteiger partial charge in [-0.2, -0.15) is 0 Å². The van der Waals surface area contributed by atoms with Crippen LogP contribution < -0.4 is 5.32 Å². The van der Waals surface area contributed by atoms with Crippen molar-refractivity contribution in [1.29, 1.82) is 0 Å². The highest BCUT2D eigenvalue weighted by Crippen LogP contribution is 2.34. The monoisotopic (exact) mass is 341 g/mol. The highest BCUT2D eigenvalue weighted by atomic mass is 79.9. The van der Waals surface area contributed by atoms with Crippen molar-refractivity contribution >= 4 is 27.7 Å². The number of rotatable bonds is 1. The summed E-state index contributed by atoms with van der Waals surface area (Å²) >= 11 is 3.45. The van der Waals surface area contributed by atoms with Crippen molar-refractivity contribution in [2.75, 3.05) is 6.54 Å². The van der Waals surface area contributed by atoms with Crippen LogP contribution in [0.15, 0.2) is 69.0 Å². The number of amides is 1. The Morgan fingerprint density at radius 1 is 1.19 bits per heavy atom. The molecular weight excluding hydrogens is 330 g/mol. The number of benzene rings is 1. The molecular formula is C16H12BrN3O. The van der Waals surface area contributed by atoms with Crippen LogP contribution in [-0.4, -0.2) is 23.2 Å². The minimum absolute atomic E-state index is 0.0696. The zero-order chi connectivity index (χ0) is 14.4. The molecule has 104 valence electrons. The fourth-order valence-corrected chi connectivity index (χ4v) is 3.11. The summed E-state index contributed by atoms with van der Waals surface area (Å²) in [6.07, 6.45) is 6.06. The third-order valence-corrected chi connectivity index (χ3v) is 4.32. The van der Waals surface area contributed by atoms with E-state index in [0.717, 1.165) is 45.8 Å². The van der Waals surface area contributed by atoms with E-state index in [2.05, 4.69) is 31.1 Å². The molecule has 0 radical (unpaired) electrons. The molecule has 0 spiro atoms. The molecule has 3 aliphatic heterocycles. The average Bonchev–Trinajstić information content (AvgIpc) is 2.82. The normalized spacial score (nSPS) is 19.9.